The monoisotopic (exact) mass is 240 g/mol. The first-order valence-corrected chi connectivity index (χ1v) is 5.25. The molecule has 1 rings (SSSR count). The number of benzene rings is 1. The van der Waals surface area contributed by atoms with Crippen LogP contribution < -0.4 is 0 Å². The summed E-state index contributed by atoms with van der Waals surface area (Å²) in [6.45, 7) is 0. The summed E-state index contributed by atoms with van der Waals surface area (Å²) in [5, 5.41) is 17.7. The van der Waals surface area contributed by atoms with Gasteiger partial charge >= 0.3 is 5.97 Å². The molecule has 0 fully saturated rings. The van der Waals surface area contributed by atoms with E-state index in [0.717, 1.165) is 6.07 Å². The predicted octanol–water partition coefficient (Wildman–Crippen LogP) is 2.36. The number of phenolic OH excluding ortho intramolecular Hbond substituents is 1. The third-order valence-corrected chi connectivity index (χ3v) is 2.33. The van der Waals surface area contributed by atoms with Crippen molar-refractivity contribution in [3.63, 3.8) is 0 Å². The summed E-state index contributed by atoms with van der Waals surface area (Å²) in [4.78, 5) is 21.8. The standard InChI is InChI=1S/C12H13FO4/c13-9-5-3-4-8(12(9)17)10(14)6-1-2-7-11(15)16/h3-5,17H,1-2,6-7H2,(H,15,16). The number of carboxylic acids is 1. The molecule has 0 heterocycles. The topological polar surface area (TPSA) is 74.6 Å². The Balaban J connectivity index is 2.53. The Morgan fingerprint density at radius 1 is 1.18 bits per heavy atom. The first-order chi connectivity index (χ1) is 8.02. The van der Waals surface area contributed by atoms with Gasteiger partial charge < -0.3 is 10.2 Å². The minimum Gasteiger partial charge on any atom is -0.504 e. The second-order valence-electron chi connectivity index (χ2n) is 3.66. The molecule has 0 aliphatic rings. The summed E-state index contributed by atoms with van der Waals surface area (Å²) in [7, 11) is 0. The fourth-order valence-corrected chi connectivity index (χ4v) is 1.44. The predicted molar refractivity (Wildman–Crippen MR) is 58.5 cm³/mol. The fraction of sp³-hybridized carbons (Fsp3) is 0.333. The highest BCUT2D eigenvalue weighted by molar-refractivity contribution is 5.98. The summed E-state index contributed by atoms with van der Waals surface area (Å²) in [6.07, 6.45) is 0.894. The van der Waals surface area contributed by atoms with Crippen molar-refractivity contribution >= 4 is 11.8 Å². The summed E-state index contributed by atoms with van der Waals surface area (Å²) < 4.78 is 13.0. The van der Waals surface area contributed by atoms with Crippen LogP contribution in [-0.2, 0) is 4.79 Å². The molecule has 92 valence electrons. The molecular weight excluding hydrogens is 227 g/mol. The number of carboxylic acid groups (broad SMARTS) is 1. The van der Waals surface area contributed by atoms with Gasteiger partial charge in [-0.1, -0.05) is 6.07 Å². The third kappa shape index (κ3) is 3.86. The largest absolute Gasteiger partial charge is 0.504 e. The molecular formula is C12H13FO4. The highest BCUT2D eigenvalue weighted by atomic mass is 19.1. The van der Waals surface area contributed by atoms with Crippen molar-refractivity contribution in [1.82, 2.24) is 0 Å². The average Bonchev–Trinajstić information content (AvgIpc) is 2.27. The number of rotatable bonds is 6. The second kappa shape index (κ2) is 5.98. The van der Waals surface area contributed by atoms with Crippen LogP contribution >= 0.6 is 0 Å². The van der Waals surface area contributed by atoms with Gasteiger partial charge in [-0.15, -0.1) is 0 Å². The molecule has 0 saturated heterocycles. The van der Waals surface area contributed by atoms with Gasteiger partial charge in [0.05, 0.1) is 5.56 Å². The first kappa shape index (κ1) is 13.2. The van der Waals surface area contributed by atoms with Gasteiger partial charge in [-0.2, -0.15) is 0 Å². The maximum absolute atomic E-state index is 13.0. The van der Waals surface area contributed by atoms with Crippen molar-refractivity contribution in [2.75, 3.05) is 0 Å². The molecule has 0 aliphatic heterocycles. The van der Waals surface area contributed by atoms with E-state index in [1.54, 1.807) is 0 Å². The molecule has 0 aromatic heterocycles. The van der Waals surface area contributed by atoms with E-state index in [9.17, 15) is 19.1 Å². The van der Waals surface area contributed by atoms with Gasteiger partial charge in [0.25, 0.3) is 0 Å². The van der Waals surface area contributed by atoms with Crippen molar-refractivity contribution in [2.24, 2.45) is 0 Å². The molecule has 0 bridgehead atoms. The number of aromatic hydroxyl groups is 1. The van der Waals surface area contributed by atoms with Gasteiger partial charge in [-0.25, -0.2) is 4.39 Å². The van der Waals surface area contributed by atoms with Crippen molar-refractivity contribution < 1.29 is 24.2 Å². The number of Topliss-reactive ketones (excluding diaryl/α,β-unsaturated/α-hetero) is 1. The Morgan fingerprint density at radius 3 is 2.47 bits per heavy atom. The molecule has 17 heavy (non-hydrogen) atoms. The van der Waals surface area contributed by atoms with Gasteiger partial charge in [-0.3, -0.25) is 9.59 Å². The van der Waals surface area contributed by atoms with E-state index in [1.165, 1.54) is 12.1 Å². The molecule has 0 atom stereocenters. The zero-order valence-electron chi connectivity index (χ0n) is 9.15. The lowest BCUT2D eigenvalue weighted by molar-refractivity contribution is -0.137. The third-order valence-electron chi connectivity index (χ3n) is 2.33. The SMILES string of the molecule is O=C(O)CCCCC(=O)c1cccc(F)c1O. The van der Waals surface area contributed by atoms with Gasteiger partial charge in [-0.05, 0) is 25.0 Å². The number of hydrogen-bond donors (Lipinski definition) is 2. The van der Waals surface area contributed by atoms with Crippen LogP contribution in [0.2, 0.25) is 0 Å². The molecule has 1 aromatic carbocycles. The minimum atomic E-state index is -0.911. The van der Waals surface area contributed by atoms with E-state index >= 15 is 0 Å². The number of carbonyl (C=O) groups is 2. The van der Waals surface area contributed by atoms with Crippen LogP contribution in [0.5, 0.6) is 5.75 Å². The van der Waals surface area contributed by atoms with Crippen molar-refractivity contribution in [3.8, 4) is 5.75 Å². The molecule has 0 amide bonds. The molecule has 0 aliphatic carbocycles. The zero-order chi connectivity index (χ0) is 12.8. The molecule has 0 radical (unpaired) electrons. The number of hydrogen-bond acceptors (Lipinski definition) is 3. The Hall–Kier alpha value is -1.91. The van der Waals surface area contributed by atoms with Crippen LogP contribution in [0, 0.1) is 5.82 Å². The number of aliphatic carboxylic acids is 1. The molecule has 0 unspecified atom stereocenters. The van der Waals surface area contributed by atoms with E-state index in [1.807, 2.05) is 0 Å². The van der Waals surface area contributed by atoms with E-state index in [2.05, 4.69) is 0 Å². The molecule has 2 N–H and O–H groups in total. The maximum Gasteiger partial charge on any atom is 0.303 e. The van der Waals surface area contributed by atoms with Gasteiger partial charge in [0.2, 0.25) is 0 Å². The maximum atomic E-state index is 13.0. The molecule has 5 heteroatoms. The van der Waals surface area contributed by atoms with Crippen LogP contribution in [0.15, 0.2) is 18.2 Å². The van der Waals surface area contributed by atoms with Crippen LogP contribution in [0.4, 0.5) is 4.39 Å². The second-order valence-corrected chi connectivity index (χ2v) is 3.66. The summed E-state index contributed by atoms with van der Waals surface area (Å²) in [5.41, 5.74) is -0.0553. The first-order valence-electron chi connectivity index (χ1n) is 5.25. The van der Waals surface area contributed by atoms with Crippen LogP contribution in [0.1, 0.15) is 36.0 Å². The van der Waals surface area contributed by atoms with Crippen molar-refractivity contribution in [2.45, 2.75) is 25.7 Å². The molecule has 0 spiro atoms. The lowest BCUT2D eigenvalue weighted by Crippen LogP contribution is -2.01. The Bertz CT molecular complexity index is 429. The number of para-hydroxylation sites is 1. The molecule has 4 nitrogen and oxygen atoms in total. The van der Waals surface area contributed by atoms with Gasteiger partial charge in [0.1, 0.15) is 0 Å². The van der Waals surface area contributed by atoms with Crippen LogP contribution in [0.25, 0.3) is 0 Å². The highest BCUT2D eigenvalue weighted by Crippen LogP contribution is 2.22. The van der Waals surface area contributed by atoms with Crippen molar-refractivity contribution in [3.05, 3.63) is 29.6 Å². The Morgan fingerprint density at radius 2 is 1.82 bits per heavy atom. The van der Waals surface area contributed by atoms with E-state index in [4.69, 9.17) is 5.11 Å². The van der Waals surface area contributed by atoms with Crippen molar-refractivity contribution in [1.29, 1.82) is 0 Å². The number of carbonyl (C=O) groups excluding carboxylic acids is 1. The summed E-state index contributed by atoms with van der Waals surface area (Å²) in [6, 6.07) is 3.76. The smallest absolute Gasteiger partial charge is 0.303 e. The van der Waals surface area contributed by atoms with Crippen LogP contribution in [-0.4, -0.2) is 22.0 Å². The van der Waals surface area contributed by atoms with Crippen LogP contribution in [0.3, 0.4) is 0 Å². The number of phenols is 1. The number of halogens is 1. The Kier molecular flexibility index (Phi) is 4.63. The van der Waals surface area contributed by atoms with Gasteiger partial charge in [0.15, 0.2) is 17.3 Å². The Labute approximate surface area is 97.7 Å². The summed E-state index contributed by atoms with van der Waals surface area (Å²) >= 11 is 0. The number of ketones is 1. The van der Waals surface area contributed by atoms with Gasteiger partial charge in [0, 0.05) is 12.8 Å². The van der Waals surface area contributed by atoms with E-state index in [0.29, 0.717) is 12.8 Å². The molecule has 1 aromatic rings. The zero-order valence-corrected chi connectivity index (χ0v) is 9.15. The molecule has 0 saturated carbocycles. The van der Waals surface area contributed by atoms with E-state index in [-0.39, 0.29) is 24.2 Å². The quantitative estimate of drug-likeness (QED) is 0.591. The lowest BCUT2D eigenvalue weighted by atomic mass is 10.0. The number of unbranched alkanes of at least 4 members (excludes halogenated alkanes) is 1. The average molecular weight is 240 g/mol. The lowest BCUT2D eigenvalue weighted by Gasteiger charge is -2.03. The van der Waals surface area contributed by atoms with E-state index < -0.39 is 17.5 Å². The normalized spacial score (nSPS) is 10.2. The summed E-state index contributed by atoms with van der Waals surface area (Å²) in [5.74, 6) is -2.77. The minimum absolute atomic E-state index is 0.00239. The highest BCUT2D eigenvalue weighted by Gasteiger charge is 2.13. The fourth-order valence-electron chi connectivity index (χ4n) is 1.44.